The van der Waals surface area contributed by atoms with Crippen molar-refractivity contribution in [2.24, 2.45) is 0 Å². The molecule has 1 aliphatic heterocycles. The van der Waals surface area contributed by atoms with Gasteiger partial charge in [0.2, 0.25) is 0 Å². The van der Waals surface area contributed by atoms with Gasteiger partial charge >= 0.3 is 0 Å². The van der Waals surface area contributed by atoms with E-state index in [1.807, 2.05) is 0 Å². The molecule has 1 saturated heterocycles. The Hall–Kier alpha value is -0.0800. The van der Waals surface area contributed by atoms with Crippen LogP contribution >= 0.6 is 0 Å². The lowest BCUT2D eigenvalue weighted by Gasteiger charge is -2.66. The fourth-order valence-corrected chi connectivity index (χ4v) is 2.62. The van der Waals surface area contributed by atoms with Gasteiger partial charge in [-0.05, 0) is 62.4 Å². The van der Waals surface area contributed by atoms with Crippen molar-refractivity contribution in [2.45, 2.75) is 77.5 Å². The summed E-state index contributed by atoms with van der Waals surface area (Å²) in [6.45, 7) is 18.4. The number of nitrogens with one attached hydrogen (secondary N) is 1. The van der Waals surface area contributed by atoms with Gasteiger partial charge in [0, 0.05) is 22.2 Å². The zero-order valence-corrected chi connectivity index (χ0v) is 11.9. The molecule has 0 aromatic heterocycles. The van der Waals surface area contributed by atoms with E-state index in [9.17, 15) is 0 Å². The van der Waals surface area contributed by atoms with Crippen LogP contribution in [0.1, 0.15) is 55.4 Å². The molecular weight excluding hydrogens is 184 g/mol. The summed E-state index contributed by atoms with van der Waals surface area (Å²) in [7, 11) is 2.24. The summed E-state index contributed by atoms with van der Waals surface area (Å²) in [5, 5.41) is 3.80. The minimum atomic E-state index is 0.112. The first kappa shape index (κ1) is 13.0. The molecule has 0 unspecified atom stereocenters. The van der Waals surface area contributed by atoms with Crippen LogP contribution in [0.5, 0.6) is 0 Å². The average Bonchev–Trinajstić information content (AvgIpc) is 1.98. The van der Waals surface area contributed by atoms with Crippen molar-refractivity contribution in [2.75, 3.05) is 7.05 Å². The Bertz CT molecular complexity index is 236. The van der Waals surface area contributed by atoms with Crippen LogP contribution in [0, 0.1) is 0 Å². The fraction of sp³-hybridized carbons (Fsp3) is 1.00. The van der Waals surface area contributed by atoms with E-state index in [4.69, 9.17) is 0 Å². The van der Waals surface area contributed by atoms with E-state index >= 15 is 0 Å². The molecule has 90 valence electrons. The van der Waals surface area contributed by atoms with Crippen LogP contribution in [0.25, 0.3) is 0 Å². The predicted molar refractivity (Wildman–Crippen MR) is 67.2 cm³/mol. The maximum atomic E-state index is 3.80. The highest BCUT2D eigenvalue weighted by Gasteiger charge is 2.57. The summed E-state index contributed by atoms with van der Waals surface area (Å²) in [6, 6.07) is 0. The monoisotopic (exact) mass is 212 g/mol. The first-order valence-corrected chi connectivity index (χ1v) is 5.89. The maximum absolute atomic E-state index is 3.80. The normalized spacial score (nSPS) is 32.6. The number of nitrogens with zero attached hydrogens (tertiary/aromatic N) is 1. The molecular formula is C13H28N2. The molecule has 0 aromatic carbocycles. The largest absolute Gasteiger partial charge is 0.303 e. The SMILES string of the molecule is CN1C(C)(C)C(C)(C)NC(C)(C)C1(C)C. The first-order valence-electron chi connectivity index (χ1n) is 5.89. The minimum absolute atomic E-state index is 0.112. The number of hydrogen-bond acceptors (Lipinski definition) is 2. The summed E-state index contributed by atoms with van der Waals surface area (Å²) in [5.74, 6) is 0. The van der Waals surface area contributed by atoms with Crippen LogP contribution in [0.2, 0.25) is 0 Å². The minimum Gasteiger partial charge on any atom is -0.303 e. The highest BCUT2D eigenvalue weighted by atomic mass is 15.4. The molecule has 0 saturated carbocycles. The molecule has 2 nitrogen and oxygen atoms in total. The summed E-state index contributed by atoms with van der Waals surface area (Å²) >= 11 is 0. The van der Waals surface area contributed by atoms with Gasteiger partial charge in [-0.1, -0.05) is 0 Å². The molecule has 15 heavy (non-hydrogen) atoms. The molecule has 0 radical (unpaired) electrons. The lowest BCUT2D eigenvalue weighted by atomic mass is 9.67. The molecule has 1 heterocycles. The van der Waals surface area contributed by atoms with Gasteiger partial charge in [-0.2, -0.15) is 0 Å². The summed E-state index contributed by atoms with van der Waals surface area (Å²) in [6.07, 6.45) is 0. The van der Waals surface area contributed by atoms with Crippen molar-refractivity contribution in [1.29, 1.82) is 0 Å². The van der Waals surface area contributed by atoms with Crippen molar-refractivity contribution in [3.05, 3.63) is 0 Å². The first-order chi connectivity index (χ1) is 6.36. The number of likely N-dealkylation sites (N-methyl/N-ethyl adjacent to an activating group) is 1. The predicted octanol–water partition coefficient (Wildman–Crippen LogP) is 2.64. The van der Waals surface area contributed by atoms with E-state index in [0.717, 1.165) is 0 Å². The number of piperazine rings is 1. The van der Waals surface area contributed by atoms with E-state index < -0.39 is 0 Å². The van der Waals surface area contributed by atoms with Gasteiger partial charge in [0.25, 0.3) is 0 Å². The van der Waals surface area contributed by atoms with Crippen LogP contribution < -0.4 is 5.32 Å². The fourth-order valence-electron chi connectivity index (χ4n) is 2.62. The quantitative estimate of drug-likeness (QED) is 0.664. The summed E-state index contributed by atoms with van der Waals surface area (Å²) in [4.78, 5) is 2.51. The molecule has 1 aliphatic rings. The molecule has 0 spiro atoms. The van der Waals surface area contributed by atoms with Gasteiger partial charge in [0.1, 0.15) is 0 Å². The Morgan fingerprint density at radius 1 is 0.667 bits per heavy atom. The van der Waals surface area contributed by atoms with Gasteiger partial charge < -0.3 is 5.32 Å². The van der Waals surface area contributed by atoms with Crippen molar-refractivity contribution in [3.8, 4) is 0 Å². The highest BCUT2D eigenvalue weighted by molar-refractivity contribution is 5.17. The van der Waals surface area contributed by atoms with Crippen molar-refractivity contribution in [3.63, 3.8) is 0 Å². The Morgan fingerprint density at radius 3 is 1.20 bits per heavy atom. The van der Waals surface area contributed by atoms with Crippen LogP contribution in [0.3, 0.4) is 0 Å². The second-order valence-electron chi connectivity index (χ2n) is 7.05. The van der Waals surface area contributed by atoms with E-state index in [0.29, 0.717) is 0 Å². The standard InChI is InChI=1S/C13H28N2/c1-10(2)12(5,6)15(9)13(7,8)11(3,4)14-10/h14H,1-9H3. The van der Waals surface area contributed by atoms with Gasteiger partial charge in [-0.25, -0.2) is 0 Å². The van der Waals surface area contributed by atoms with Crippen molar-refractivity contribution >= 4 is 0 Å². The van der Waals surface area contributed by atoms with Crippen LogP contribution in [0.4, 0.5) is 0 Å². The Morgan fingerprint density at radius 2 is 0.933 bits per heavy atom. The number of hydrogen-bond donors (Lipinski definition) is 1. The molecule has 0 aliphatic carbocycles. The lowest BCUT2D eigenvalue weighted by molar-refractivity contribution is -0.111. The molecule has 1 rings (SSSR count). The van der Waals surface area contributed by atoms with Crippen molar-refractivity contribution in [1.82, 2.24) is 10.2 Å². The average molecular weight is 212 g/mol. The zero-order valence-electron chi connectivity index (χ0n) is 11.9. The van der Waals surface area contributed by atoms with Gasteiger partial charge in [-0.3, -0.25) is 4.90 Å². The lowest BCUT2D eigenvalue weighted by Crippen LogP contribution is -2.82. The third-order valence-corrected chi connectivity index (χ3v) is 5.36. The van der Waals surface area contributed by atoms with Crippen LogP contribution in [-0.2, 0) is 0 Å². The second kappa shape index (κ2) is 2.98. The third kappa shape index (κ3) is 1.53. The van der Waals surface area contributed by atoms with Crippen LogP contribution in [-0.4, -0.2) is 34.1 Å². The van der Waals surface area contributed by atoms with E-state index in [1.165, 1.54) is 0 Å². The smallest absolute Gasteiger partial charge is 0.0332 e. The Balaban J connectivity index is 3.24. The molecule has 0 bridgehead atoms. The van der Waals surface area contributed by atoms with Gasteiger partial charge in [-0.15, -0.1) is 0 Å². The Labute approximate surface area is 95.4 Å². The molecule has 1 fully saturated rings. The molecule has 0 aromatic rings. The molecule has 2 heteroatoms. The number of rotatable bonds is 0. The van der Waals surface area contributed by atoms with Gasteiger partial charge in [0.05, 0.1) is 0 Å². The third-order valence-electron chi connectivity index (χ3n) is 5.36. The summed E-state index contributed by atoms with van der Waals surface area (Å²) in [5.41, 5.74) is 0.513. The molecule has 0 atom stereocenters. The van der Waals surface area contributed by atoms with E-state index in [-0.39, 0.29) is 22.2 Å². The second-order valence-corrected chi connectivity index (χ2v) is 7.05. The van der Waals surface area contributed by atoms with Crippen LogP contribution in [0.15, 0.2) is 0 Å². The van der Waals surface area contributed by atoms with Crippen molar-refractivity contribution < 1.29 is 0 Å². The molecule has 1 N–H and O–H groups in total. The van der Waals surface area contributed by atoms with E-state index in [1.54, 1.807) is 0 Å². The topological polar surface area (TPSA) is 15.3 Å². The highest BCUT2D eigenvalue weighted by Crippen LogP contribution is 2.43. The maximum Gasteiger partial charge on any atom is 0.0332 e. The Kier molecular flexibility index (Phi) is 2.58. The van der Waals surface area contributed by atoms with E-state index in [2.05, 4.69) is 72.7 Å². The summed E-state index contributed by atoms with van der Waals surface area (Å²) < 4.78 is 0. The zero-order chi connectivity index (χ0) is 12.3. The molecule has 0 amide bonds. The van der Waals surface area contributed by atoms with Gasteiger partial charge in [0.15, 0.2) is 0 Å².